The number of nitrogen functional groups attached to an aromatic ring is 1. The summed E-state index contributed by atoms with van der Waals surface area (Å²) in [6.45, 7) is 0.540. The van der Waals surface area contributed by atoms with E-state index in [1.165, 1.54) is 25.7 Å². The highest BCUT2D eigenvalue weighted by Gasteiger charge is 2.15. The number of para-hydroxylation sites is 2. The van der Waals surface area contributed by atoms with Gasteiger partial charge in [-0.2, -0.15) is 0 Å². The van der Waals surface area contributed by atoms with Gasteiger partial charge < -0.3 is 20.3 Å². The first-order chi connectivity index (χ1) is 9.75. The molecule has 20 heavy (non-hydrogen) atoms. The van der Waals surface area contributed by atoms with Crippen molar-refractivity contribution in [1.82, 2.24) is 0 Å². The van der Waals surface area contributed by atoms with Gasteiger partial charge in [-0.3, -0.25) is 0 Å². The van der Waals surface area contributed by atoms with E-state index in [0.717, 1.165) is 12.8 Å². The molecule has 0 aliphatic heterocycles. The fraction of sp³-hybridized carbons (Fsp3) is 0.625. The molecule has 1 aromatic rings. The van der Waals surface area contributed by atoms with Gasteiger partial charge in [0.15, 0.2) is 0 Å². The molecule has 1 aliphatic carbocycles. The average molecular weight is 279 g/mol. The Morgan fingerprint density at radius 2 is 1.80 bits per heavy atom. The van der Waals surface area contributed by atoms with Crippen molar-refractivity contribution in [3.05, 3.63) is 24.3 Å². The van der Waals surface area contributed by atoms with Crippen molar-refractivity contribution in [2.45, 2.75) is 50.7 Å². The minimum absolute atomic E-state index is 0.209. The molecule has 0 bridgehead atoms. The number of nitrogens with two attached hydrogens (primary N) is 1. The lowest BCUT2D eigenvalue weighted by Crippen LogP contribution is -2.26. The monoisotopic (exact) mass is 279 g/mol. The molecule has 3 N–H and O–H groups in total. The van der Waals surface area contributed by atoms with E-state index in [4.69, 9.17) is 15.2 Å². The van der Waals surface area contributed by atoms with Crippen LogP contribution in [0.15, 0.2) is 24.3 Å². The van der Waals surface area contributed by atoms with Crippen LogP contribution in [0.3, 0.4) is 0 Å². The van der Waals surface area contributed by atoms with Crippen LogP contribution in [0.25, 0.3) is 0 Å². The number of anilines is 1. The summed E-state index contributed by atoms with van der Waals surface area (Å²) < 4.78 is 11.3. The second-order valence-corrected chi connectivity index (χ2v) is 5.45. The lowest BCUT2D eigenvalue weighted by Gasteiger charge is -2.19. The molecule has 1 fully saturated rings. The number of aliphatic hydroxyl groups is 1. The van der Waals surface area contributed by atoms with E-state index in [2.05, 4.69) is 0 Å². The first kappa shape index (κ1) is 15.1. The highest BCUT2D eigenvalue weighted by Crippen LogP contribution is 2.21. The zero-order chi connectivity index (χ0) is 14.2. The van der Waals surface area contributed by atoms with Gasteiger partial charge >= 0.3 is 0 Å². The Morgan fingerprint density at radius 1 is 1.10 bits per heavy atom. The summed E-state index contributed by atoms with van der Waals surface area (Å²) in [5.74, 6) is 0.612. The van der Waals surface area contributed by atoms with Gasteiger partial charge in [0, 0.05) is 0 Å². The SMILES string of the molecule is Nc1ccccc1OCC(O)COC1CCCCCC1. The number of hydrogen-bond acceptors (Lipinski definition) is 4. The van der Waals surface area contributed by atoms with Crippen LogP contribution in [0.1, 0.15) is 38.5 Å². The van der Waals surface area contributed by atoms with Gasteiger partial charge in [-0.25, -0.2) is 0 Å². The third kappa shape index (κ3) is 5.02. The van der Waals surface area contributed by atoms with Crippen molar-refractivity contribution in [3.63, 3.8) is 0 Å². The zero-order valence-electron chi connectivity index (χ0n) is 12.0. The van der Waals surface area contributed by atoms with Crippen LogP contribution >= 0.6 is 0 Å². The highest BCUT2D eigenvalue weighted by molar-refractivity contribution is 5.51. The summed E-state index contributed by atoms with van der Waals surface area (Å²) in [6.07, 6.45) is 6.98. The van der Waals surface area contributed by atoms with Gasteiger partial charge in [0.25, 0.3) is 0 Å². The quantitative estimate of drug-likeness (QED) is 0.621. The third-order valence-corrected chi connectivity index (χ3v) is 3.68. The predicted molar refractivity (Wildman–Crippen MR) is 79.8 cm³/mol. The van der Waals surface area contributed by atoms with Gasteiger partial charge in [0.1, 0.15) is 18.5 Å². The lowest BCUT2D eigenvalue weighted by molar-refractivity contribution is -0.0291. The number of ether oxygens (including phenoxy) is 2. The molecule has 4 heteroatoms. The van der Waals surface area contributed by atoms with Crippen LogP contribution in [0.5, 0.6) is 5.75 Å². The molecule has 112 valence electrons. The molecule has 2 rings (SSSR count). The van der Waals surface area contributed by atoms with Crippen molar-refractivity contribution in [2.24, 2.45) is 0 Å². The molecular weight excluding hydrogens is 254 g/mol. The highest BCUT2D eigenvalue weighted by atomic mass is 16.5. The normalized spacial score (nSPS) is 18.4. The maximum absolute atomic E-state index is 9.91. The van der Waals surface area contributed by atoms with Gasteiger partial charge in [-0.1, -0.05) is 37.8 Å². The first-order valence-corrected chi connectivity index (χ1v) is 7.52. The van der Waals surface area contributed by atoms with Crippen LogP contribution in [0, 0.1) is 0 Å². The minimum atomic E-state index is -0.613. The Kier molecular flexibility index (Phi) is 6.15. The van der Waals surface area contributed by atoms with Gasteiger partial charge in [-0.05, 0) is 25.0 Å². The smallest absolute Gasteiger partial charge is 0.142 e. The Hall–Kier alpha value is -1.26. The molecule has 0 aromatic heterocycles. The fourth-order valence-corrected chi connectivity index (χ4v) is 2.50. The Morgan fingerprint density at radius 3 is 2.50 bits per heavy atom. The fourth-order valence-electron chi connectivity index (χ4n) is 2.50. The molecule has 1 aromatic carbocycles. The second kappa shape index (κ2) is 8.12. The van der Waals surface area contributed by atoms with E-state index < -0.39 is 6.10 Å². The molecule has 4 nitrogen and oxygen atoms in total. The molecule has 1 unspecified atom stereocenters. The third-order valence-electron chi connectivity index (χ3n) is 3.68. The van der Waals surface area contributed by atoms with Crippen molar-refractivity contribution in [2.75, 3.05) is 18.9 Å². The summed E-state index contributed by atoms with van der Waals surface area (Å²) in [5, 5.41) is 9.91. The summed E-state index contributed by atoms with van der Waals surface area (Å²) in [5.41, 5.74) is 6.36. The van der Waals surface area contributed by atoms with Gasteiger partial charge in [0.2, 0.25) is 0 Å². The lowest BCUT2D eigenvalue weighted by atomic mass is 10.1. The van der Waals surface area contributed by atoms with Crippen molar-refractivity contribution in [1.29, 1.82) is 0 Å². The second-order valence-electron chi connectivity index (χ2n) is 5.45. The summed E-state index contributed by atoms with van der Waals surface area (Å²) in [7, 11) is 0. The topological polar surface area (TPSA) is 64.7 Å². The van der Waals surface area contributed by atoms with E-state index in [-0.39, 0.29) is 6.61 Å². The first-order valence-electron chi connectivity index (χ1n) is 7.52. The maximum atomic E-state index is 9.91. The average Bonchev–Trinajstić information content (AvgIpc) is 2.73. The summed E-state index contributed by atoms with van der Waals surface area (Å²) in [6, 6.07) is 7.30. The number of hydrogen-bond donors (Lipinski definition) is 2. The van der Waals surface area contributed by atoms with E-state index in [0.29, 0.717) is 24.1 Å². The van der Waals surface area contributed by atoms with Crippen LogP contribution < -0.4 is 10.5 Å². The number of benzene rings is 1. The Labute approximate surface area is 120 Å². The molecule has 1 saturated carbocycles. The van der Waals surface area contributed by atoms with Crippen LogP contribution in [-0.2, 0) is 4.74 Å². The molecule has 0 amide bonds. The Bertz CT molecular complexity index is 389. The number of rotatable bonds is 6. The molecule has 0 heterocycles. The maximum Gasteiger partial charge on any atom is 0.142 e. The van der Waals surface area contributed by atoms with E-state index >= 15 is 0 Å². The molecular formula is C16H25NO3. The van der Waals surface area contributed by atoms with Crippen LogP contribution in [-0.4, -0.2) is 30.5 Å². The summed E-state index contributed by atoms with van der Waals surface area (Å²) >= 11 is 0. The molecule has 1 atom stereocenters. The van der Waals surface area contributed by atoms with E-state index in [1.807, 2.05) is 12.1 Å². The molecule has 0 spiro atoms. The van der Waals surface area contributed by atoms with Crippen LogP contribution in [0.4, 0.5) is 5.69 Å². The van der Waals surface area contributed by atoms with Crippen LogP contribution in [0.2, 0.25) is 0 Å². The summed E-state index contributed by atoms with van der Waals surface area (Å²) in [4.78, 5) is 0. The van der Waals surface area contributed by atoms with Crippen molar-refractivity contribution in [3.8, 4) is 5.75 Å². The largest absolute Gasteiger partial charge is 0.489 e. The van der Waals surface area contributed by atoms with Crippen molar-refractivity contribution < 1.29 is 14.6 Å². The Balaban J connectivity index is 1.67. The zero-order valence-corrected chi connectivity index (χ0v) is 12.0. The van der Waals surface area contributed by atoms with Gasteiger partial charge in [0.05, 0.1) is 18.4 Å². The van der Waals surface area contributed by atoms with E-state index in [9.17, 15) is 5.11 Å². The van der Waals surface area contributed by atoms with Gasteiger partial charge in [-0.15, -0.1) is 0 Å². The van der Waals surface area contributed by atoms with E-state index in [1.54, 1.807) is 12.1 Å². The number of aliphatic hydroxyl groups excluding tert-OH is 1. The molecule has 1 aliphatic rings. The molecule has 0 saturated heterocycles. The minimum Gasteiger partial charge on any atom is -0.489 e. The molecule has 0 radical (unpaired) electrons. The van der Waals surface area contributed by atoms with Crippen molar-refractivity contribution >= 4 is 5.69 Å². The standard InChI is InChI=1S/C16H25NO3/c17-15-9-5-6-10-16(15)20-12-13(18)11-19-14-7-3-1-2-4-8-14/h5-6,9-10,13-14,18H,1-4,7-8,11-12,17H2. The predicted octanol–water partition coefficient (Wildman–Crippen LogP) is 2.75.